The molecule has 0 bridgehead atoms. The van der Waals surface area contributed by atoms with Crippen molar-refractivity contribution < 1.29 is 0 Å². The molecule has 1 N–H and O–H groups in total. The first-order chi connectivity index (χ1) is 5.61. The summed E-state index contributed by atoms with van der Waals surface area (Å²) in [6.07, 6.45) is 2.74. The molecule has 12 heavy (non-hydrogen) atoms. The normalized spacial score (nSPS) is 35.4. The fourth-order valence-corrected chi connectivity index (χ4v) is 2.24. The average molecular weight is 232 g/mol. The summed E-state index contributed by atoms with van der Waals surface area (Å²) in [4.78, 5) is 0. The molecular weight excluding hydrogens is 214 g/mol. The van der Waals surface area contributed by atoms with Crippen molar-refractivity contribution in [2.24, 2.45) is 11.8 Å². The Kier molecular flexibility index (Phi) is 3.78. The van der Waals surface area contributed by atoms with Crippen molar-refractivity contribution in [3.63, 3.8) is 0 Å². The molecule has 1 saturated carbocycles. The van der Waals surface area contributed by atoms with Crippen LogP contribution in [0.4, 0.5) is 0 Å². The van der Waals surface area contributed by atoms with E-state index < -0.39 is 0 Å². The maximum atomic E-state index is 3.82. The highest BCUT2D eigenvalue weighted by Crippen LogP contribution is 2.30. The molecule has 0 aromatic rings. The quantitative estimate of drug-likeness (QED) is 0.788. The molecule has 2 unspecified atom stereocenters. The molecule has 0 aromatic carbocycles. The van der Waals surface area contributed by atoms with Crippen molar-refractivity contribution >= 4 is 15.9 Å². The van der Waals surface area contributed by atoms with E-state index in [0.29, 0.717) is 6.04 Å². The van der Waals surface area contributed by atoms with E-state index in [1.165, 1.54) is 12.8 Å². The summed E-state index contributed by atoms with van der Waals surface area (Å²) in [6.45, 7) is 9.39. The van der Waals surface area contributed by atoms with Crippen LogP contribution in [-0.2, 0) is 0 Å². The van der Waals surface area contributed by atoms with Crippen molar-refractivity contribution in [3.05, 3.63) is 11.1 Å². The highest BCUT2D eigenvalue weighted by atomic mass is 79.9. The zero-order chi connectivity index (χ0) is 9.14. The maximum Gasteiger partial charge on any atom is 0.0268 e. The minimum Gasteiger partial charge on any atom is -0.309 e. The second-order valence-electron chi connectivity index (χ2n) is 3.96. The van der Waals surface area contributed by atoms with Crippen LogP contribution in [-0.4, -0.2) is 12.6 Å². The summed E-state index contributed by atoms with van der Waals surface area (Å²) >= 11 is 3.36. The van der Waals surface area contributed by atoms with Crippen LogP contribution in [0.5, 0.6) is 0 Å². The Hall–Kier alpha value is 0.180. The SMILES string of the molecule is C=C(Br)CNC1C(C)CCC1C. The van der Waals surface area contributed by atoms with E-state index in [1.54, 1.807) is 0 Å². The van der Waals surface area contributed by atoms with Gasteiger partial charge in [0.2, 0.25) is 0 Å². The van der Waals surface area contributed by atoms with Crippen molar-refractivity contribution in [1.82, 2.24) is 5.32 Å². The van der Waals surface area contributed by atoms with E-state index in [0.717, 1.165) is 22.9 Å². The van der Waals surface area contributed by atoms with Gasteiger partial charge in [-0.25, -0.2) is 0 Å². The van der Waals surface area contributed by atoms with Gasteiger partial charge in [0.1, 0.15) is 0 Å². The molecule has 2 heteroatoms. The highest BCUT2D eigenvalue weighted by Gasteiger charge is 2.29. The topological polar surface area (TPSA) is 12.0 Å². The first-order valence-electron chi connectivity index (χ1n) is 4.68. The molecule has 2 atom stereocenters. The molecule has 0 amide bonds. The lowest BCUT2D eigenvalue weighted by atomic mass is 10.0. The molecule has 1 fully saturated rings. The van der Waals surface area contributed by atoms with Gasteiger partial charge in [0, 0.05) is 17.1 Å². The lowest BCUT2D eigenvalue weighted by molar-refractivity contribution is 0.380. The van der Waals surface area contributed by atoms with Crippen molar-refractivity contribution in [2.45, 2.75) is 32.7 Å². The lowest BCUT2D eigenvalue weighted by Crippen LogP contribution is -2.36. The van der Waals surface area contributed by atoms with Crippen LogP contribution >= 0.6 is 15.9 Å². The van der Waals surface area contributed by atoms with Gasteiger partial charge in [0.25, 0.3) is 0 Å². The minimum absolute atomic E-state index is 0.694. The van der Waals surface area contributed by atoms with E-state index >= 15 is 0 Å². The van der Waals surface area contributed by atoms with Gasteiger partial charge in [0.05, 0.1) is 0 Å². The summed E-state index contributed by atoms with van der Waals surface area (Å²) in [6, 6.07) is 0.694. The van der Waals surface area contributed by atoms with Gasteiger partial charge < -0.3 is 5.32 Å². The van der Waals surface area contributed by atoms with E-state index in [9.17, 15) is 0 Å². The maximum absolute atomic E-state index is 3.82. The molecule has 1 rings (SSSR count). The van der Waals surface area contributed by atoms with Gasteiger partial charge in [-0.05, 0) is 24.7 Å². The molecule has 0 radical (unpaired) electrons. The van der Waals surface area contributed by atoms with Gasteiger partial charge in [0.15, 0.2) is 0 Å². The molecule has 70 valence electrons. The minimum atomic E-state index is 0.694. The van der Waals surface area contributed by atoms with Crippen LogP contribution < -0.4 is 5.32 Å². The molecule has 0 saturated heterocycles. The number of halogens is 1. The average Bonchev–Trinajstić information content (AvgIpc) is 2.28. The first-order valence-corrected chi connectivity index (χ1v) is 5.47. The smallest absolute Gasteiger partial charge is 0.0268 e. The molecule has 1 aliphatic carbocycles. The Balaban J connectivity index is 2.34. The van der Waals surface area contributed by atoms with E-state index in [2.05, 4.69) is 41.7 Å². The fraction of sp³-hybridized carbons (Fsp3) is 0.800. The zero-order valence-corrected chi connectivity index (χ0v) is 9.52. The van der Waals surface area contributed by atoms with Crippen LogP contribution in [0, 0.1) is 11.8 Å². The van der Waals surface area contributed by atoms with E-state index in [4.69, 9.17) is 0 Å². The van der Waals surface area contributed by atoms with Crippen molar-refractivity contribution in [1.29, 1.82) is 0 Å². The van der Waals surface area contributed by atoms with Gasteiger partial charge in [-0.3, -0.25) is 0 Å². The standard InChI is InChI=1S/C10H18BrN/c1-7-4-5-8(2)10(7)12-6-9(3)11/h7-8,10,12H,3-6H2,1-2H3. The summed E-state index contributed by atoms with van der Waals surface area (Å²) in [5, 5.41) is 3.53. The lowest BCUT2D eigenvalue weighted by Gasteiger charge is -2.21. The number of hydrogen-bond donors (Lipinski definition) is 1. The fourth-order valence-electron chi connectivity index (χ4n) is 2.08. The van der Waals surface area contributed by atoms with Gasteiger partial charge >= 0.3 is 0 Å². The molecule has 1 nitrogen and oxygen atoms in total. The molecular formula is C10H18BrN. The Labute approximate surface area is 83.7 Å². The van der Waals surface area contributed by atoms with E-state index in [-0.39, 0.29) is 0 Å². The monoisotopic (exact) mass is 231 g/mol. The van der Waals surface area contributed by atoms with Crippen LogP contribution in [0.15, 0.2) is 11.1 Å². The number of rotatable bonds is 3. The first kappa shape index (κ1) is 10.3. The Morgan fingerprint density at radius 1 is 1.42 bits per heavy atom. The highest BCUT2D eigenvalue weighted by molar-refractivity contribution is 9.11. The van der Waals surface area contributed by atoms with Crippen LogP contribution in [0.2, 0.25) is 0 Å². The second kappa shape index (κ2) is 4.43. The molecule has 1 aliphatic rings. The molecule has 0 heterocycles. The van der Waals surface area contributed by atoms with Crippen molar-refractivity contribution in [3.8, 4) is 0 Å². The second-order valence-corrected chi connectivity index (χ2v) is 5.08. The van der Waals surface area contributed by atoms with Crippen molar-refractivity contribution in [2.75, 3.05) is 6.54 Å². The largest absolute Gasteiger partial charge is 0.309 e. The zero-order valence-electron chi connectivity index (χ0n) is 7.94. The molecule has 0 spiro atoms. The number of nitrogens with one attached hydrogen (secondary N) is 1. The molecule has 0 aromatic heterocycles. The van der Waals surface area contributed by atoms with Crippen LogP contribution in [0.3, 0.4) is 0 Å². The van der Waals surface area contributed by atoms with Gasteiger partial charge in [-0.15, -0.1) is 0 Å². The molecule has 0 aliphatic heterocycles. The predicted octanol–water partition coefficient (Wildman–Crippen LogP) is 2.92. The third-order valence-electron chi connectivity index (χ3n) is 2.83. The van der Waals surface area contributed by atoms with E-state index in [1.807, 2.05) is 0 Å². The third kappa shape index (κ3) is 2.60. The Morgan fingerprint density at radius 3 is 2.33 bits per heavy atom. The summed E-state index contributed by atoms with van der Waals surface area (Å²) in [5.41, 5.74) is 0. The predicted molar refractivity (Wildman–Crippen MR) is 57.4 cm³/mol. The third-order valence-corrected chi connectivity index (χ3v) is 3.11. The summed E-state index contributed by atoms with van der Waals surface area (Å²) in [7, 11) is 0. The Bertz CT molecular complexity index is 157. The summed E-state index contributed by atoms with van der Waals surface area (Å²) in [5.74, 6) is 1.65. The Morgan fingerprint density at radius 2 is 1.92 bits per heavy atom. The number of hydrogen-bond acceptors (Lipinski definition) is 1. The van der Waals surface area contributed by atoms with Crippen LogP contribution in [0.1, 0.15) is 26.7 Å². The van der Waals surface area contributed by atoms with Gasteiger partial charge in [-0.1, -0.05) is 36.4 Å². The van der Waals surface area contributed by atoms with Gasteiger partial charge in [-0.2, -0.15) is 0 Å². The van der Waals surface area contributed by atoms with Crippen LogP contribution in [0.25, 0.3) is 0 Å². The summed E-state index contributed by atoms with van der Waals surface area (Å²) < 4.78 is 1.05.